The van der Waals surface area contributed by atoms with Crippen molar-refractivity contribution in [2.24, 2.45) is 4.99 Å². The molecule has 1 aliphatic heterocycles. The smallest absolute Gasteiger partial charge is 0.217 e. The second-order valence-corrected chi connectivity index (χ2v) is 7.47. The number of hydrogen-bond acceptors (Lipinski definition) is 4. The van der Waals surface area contributed by atoms with Crippen LogP contribution in [0.1, 0.15) is 33.9 Å². The third-order valence-corrected chi connectivity index (χ3v) is 5.72. The lowest BCUT2D eigenvalue weighted by Gasteiger charge is -2.11. The Morgan fingerprint density at radius 1 is 0.900 bits per heavy atom. The van der Waals surface area contributed by atoms with Gasteiger partial charge in [0.05, 0.1) is 14.2 Å². The molecule has 30 heavy (non-hydrogen) atoms. The zero-order chi connectivity index (χ0) is 20.5. The summed E-state index contributed by atoms with van der Waals surface area (Å²) in [4.78, 5) is 4.95. The zero-order valence-corrected chi connectivity index (χ0v) is 17.0. The standard InChI is InChI=1S/C26H23NO3/c1-28-22-14-12-17(15-23(22)29-2)11-13-18-7-3-6-10-21(18)26-27-25-20-9-5-4-8-19(20)16-24(25)30-26/h3-15,24-25H,16H2,1-2H3/b13-11+/t24-,25+/m0/s1. The minimum atomic E-state index is 0.0964. The molecule has 0 spiro atoms. The summed E-state index contributed by atoms with van der Waals surface area (Å²) in [5, 5.41) is 0. The molecular weight excluding hydrogens is 374 g/mol. The van der Waals surface area contributed by atoms with Gasteiger partial charge in [-0.05, 0) is 40.5 Å². The topological polar surface area (TPSA) is 40.0 Å². The van der Waals surface area contributed by atoms with E-state index in [4.69, 9.17) is 19.2 Å². The van der Waals surface area contributed by atoms with E-state index in [-0.39, 0.29) is 12.1 Å². The third-order valence-electron chi connectivity index (χ3n) is 5.72. The van der Waals surface area contributed by atoms with Crippen molar-refractivity contribution >= 4 is 18.0 Å². The average Bonchev–Trinajstić information content (AvgIpc) is 3.35. The summed E-state index contributed by atoms with van der Waals surface area (Å²) in [5.41, 5.74) is 5.75. The molecule has 2 atom stereocenters. The number of ether oxygens (including phenoxy) is 3. The van der Waals surface area contributed by atoms with E-state index in [9.17, 15) is 0 Å². The first-order valence-electron chi connectivity index (χ1n) is 10.1. The molecule has 1 heterocycles. The number of rotatable bonds is 5. The SMILES string of the molecule is COc1ccc(/C=C/c2ccccc2C2=N[C@@H]3c4ccccc4C[C@@H]3O2)cc1OC. The van der Waals surface area contributed by atoms with Crippen molar-refractivity contribution in [2.75, 3.05) is 14.2 Å². The van der Waals surface area contributed by atoms with Gasteiger partial charge in [-0.1, -0.05) is 60.7 Å². The lowest BCUT2D eigenvalue weighted by atomic mass is 10.1. The maximum Gasteiger partial charge on any atom is 0.217 e. The van der Waals surface area contributed by atoms with Crippen molar-refractivity contribution in [2.45, 2.75) is 18.6 Å². The van der Waals surface area contributed by atoms with Gasteiger partial charge in [0.1, 0.15) is 12.1 Å². The Balaban J connectivity index is 1.44. The van der Waals surface area contributed by atoms with Gasteiger partial charge in [0.2, 0.25) is 5.90 Å². The average molecular weight is 397 g/mol. The molecule has 2 aliphatic rings. The molecule has 0 N–H and O–H groups in total. The number of fused-ring (bicyclic) bond motifs is 3. The summed E-state index contributed by atoms with van der Waals surface area (Å²) >= 11 is 0. The van der Waals surface area contributed by atoms with E-state index in [0.29, 0.717) is 5.75 Å². The van der Waals surface area contributed by atoms with E-state index < -0.39 is 0 Å². The third kappa shape index (κ3) is 3.24. The Bertz CT molecular complexity index is 1150. The molecule has 0 saturated carbocycles. The van der Waals surface area contributed by atoms with Crippen molar-refractivity contribution in [3.63, 3.8) is 0 Å². The molecule has 1 aliphatic carbocycles. The fraction of sp³-hybridized carbons (Fsp3) is 0.192. The maximum absolute atomic E-state index is 6.29. The van der Waals surface area contributed by atoms with Crippen LogP contribution in [-0.2, 0) is 11.2 Å². The Hall–Kier alpha value is -3.53. The summed E-state index contributed by atoms with van der Waals surface area (Å²) in [6.07, 6.45) is 5.16. The Kier molecular flexibility index (Phi) is 4.75. The van der Waals surface area contributed by atoms with Crippen LogP contribution >= 0.6 is 0 Å². The van der Waals surface area contributed by atoms with Gasteiger partial charge in [-0.25, -0.2) is 4.99 Å². The van der Waals surface area contributed by atoms with Crippen LogP contribution < -0.4 is 9.47 Å². The molecule has 0 unspecified atom stereocenters. The highest BCUT2D eigenvalue weighted by molar-refractivity contribution is 6.00. The number of methoxy groups -OCH3 is 2. The maximum atomic E-state index is 6.29. The largest absolute Gasteiger partial charge is 0.493 e. The zero-order valence-electron chi connectivity index (χ0n) is 17.0. The van der Waals surface area contributed by atoms with Crippen LogP contribution in [0.2, 0.25) is 0 Å². The summed E-state index contributed by atoms with van der Waals surface area (Å²) < 4.78 is 17.0. The van der Waals surface area contributed by atoms with Crippen molar-refractivity contribution in [1.29, 1.82) is 0 Å². The molecule has 150 valence electrons. The van der Waals surface area contributed by atoms with Gasteiger partial charge in [-0.2, -0.15) is 0 Å². The van der Waals surface area contributed by atoms with Crippen molar-refractivity contribution < 1.29 is 14.2 Å². The van der Waals surface area contributed by atoms with Gasteiger partial charge in [0.15, 0.2) is 11.5 Å². The van der Waals surface area contributed by atoms with E-state index in [1.807, 2.05) is 30.3 Å². The Morgan fingerprint density at radius 3 is 2.57 bits per heavy atom. The first-order chi connectivity index (χ1) is 14.8. The molecule has 0 saturated heterocycles. The number of benzene rings is 3. The van der Waals surface area contributed by atoms with Crippen LogP contribution in [0.5, 0.6) is 11.5 Å². The quantitative estimate of drug-likeness (QED) is 0.547. The monoisotopic (exact) mass is 397 g/mol. The molecule has 4 nitrogen and oxygen atoms in total. The summed E-state index contributed by atoms with van der Waals surface area (Å²) in [6, 6.07) is 22.7. The predicted octanol–water partition coefficient (Wildman–Crippen LogP) is 5.32. The molecule has 0 fully saturated rings. The molecule has 4 heteroatoms. The van der Waals surface area contributed by atoms with Gasteiger partial charge in [0, 0.05) is 12.0 Å². The summed E-state index contributed by atoms with van der Waals surface area (Å²) in [6.45, 7) is 0. The minimum absolute atomic E-state index is 0.0964. The van der Waals surface area contributed by atoms with Crippen LogP contribution in [-0.4, -0.2) is 26.2 Å². The fourth-order valence-corrected chi connectivity index (χ4v) is 4.21. The molecule has 0 radical (unpaired) electrons. The van der Waals surface area contributed by atoms with Crippen LogP contribution in [0, 0.1) is 0 Å². The van der Waals surface area contributed by atoms with Crippen molar-refractivity contribution in [1.82, 2.24) is 0 Å². The normalized spacial score (nSPS) is 19.2. The van der Waals surface area contributed by atoms with E-state index in [0.717, 1.165) is 34.8 Å². The molecule has 3 aromatic carbocycles. The van der Waals surface area contributed by atoms with Gasteiger partial charge >= 0.3 is 0 Å². The molecule has 0 aromatic heterocycles. The number of aliphatic imine (C=N–C) groups is 1. The molecular formula is C26H23NO3. The van der Waals surface area contributed by atoms with Gasteiger partial charge in [-0.15, -0.1) is 0 Å². The van der Waals surface area contributed by atoms with E-state index in [1.54, 1.807) is 14.2 Å². The second-order valence-electron chi connectivity index (χ2n) is 7.47. The van der Waals surface area contributed by atoms with Gasteiger partial charge in [0.25, 0.3) is 0 Å². The van der Waals surface area contributed by atoms with E-state index in [2.05, 4.69) is 48.6 Å². The van der Waals surface area contributed by atoms with Crippen molar-refractivity contribution in [3.8, 4) is 11.5 Å². The molecule has 5 rings (SSSR count). The van der Waals surface area contributed by atoms with Crippen LogP contribution in [0.4, 0.5) is 0 Å². The number of hydrogen-bond donors (Lipinski definition) is 0. The van der Waals surface area contributed by atoms with Crippen LogP contribution in [0.15, 0.2) is 71.7 Å². The number of nitrogens with zero attached hydrogens (tertiary/aromatic N) is 1. The van der Waals surface area contributed by atoms with Crippen molar-refractivity contribution in [3.05, 3.63) is 94.5 Å². The highest BCUT2D eigenvalue weighted by Crippen LogP contribution is 2.41. The van der Waals surface area contributed by atoms with Crippen LogP contribution in [0.3, 0.4) is 0 Å². The fourth-order valence-electron chi connectivity index (χ4n) is 4.21. The van der Waals surface area contributed by atoms with E-state index in [1.165, 1.54) is 11.1 Å². The second kappa shape index (κ2) is 7.71. The van der Waals surface area contributed by atoms with Gasteiger partial charge < -0.3 is 14.2 Å². The Morgan fingerprint density at radius 2 is 1.70 bits per heavy atom. The molecule has 0 bridgehead atoms. The first-order valence-corrected chi connectivity index (χ1v) is 10.1. The van der Waals surface area contributed by atoms with Crippen LogP contribution in [0.25, 0.3) is 12.2 Å². The summed E-state index contributed by atoms with van der Waals surface area (Å²) in [5.74, 6) is 2.16. The van der Waals surface area contributed by atoms with Gasteiger partial charge in [-0.3, -0.25) is 0 Å². The first kappa shape index (κ1) is 18.5. The van der Waals surface area contributed by atoms with E-state index >= 15 is 0 Å². The highest BCUT2D eigenvalue weighted by Gasteiger charge is 2.39. The highest BCUT2D eigenvalue weighted by atomic mass is 16.5. The predicted molar refractivity (Wildman–Crippen MR) is 119 cm³/mol. The summed E-state index contributed by atoms with van der Waals surface area (Å²) in [7, 11) is 3.28. The Labute approximate surface area is 176 Å². The lowest BCUT2D eigenvalue weighted by Crippen LogP contribution is -2.14. The molecule has 3 aromatic rings. The molecule has 0 amide bonds. The lowest BCUT2D eigenvalue weighted by molar-refractivity contribution is 0.206. The minimum Gasteiger partial charge on any atom is -0.493 e.